The highest BCUT2D eigenvalue weighted by Crippen LogP contribution is 2.29. The highest BCUT2D eigenvalue weighted by Gasteiger charge is 2.19. The summed E-state index contributed by atoms with van der Waals surface area (Å²) in [6.45, 7) is 5.28. The molecular weight excluding hydrogens is 478 g/mol. The van der Waals surface area contributed by atoms with E-state index in [4.69, 9.17) is 19.2 Å². The van der Waals surface area contributed by atoms with E-state index in [1.165, 1.54) is 0 Å². The number of unbranched alkanes of at least 4 members (excludes halogenated alkanes) is 1. The highest BCUT2D eigenvalue weighted by atomic mass is 16.5. The first-order valence-electron chi connectivity index (χ1n) is 12.9. The van der Waals surface area contributed by atoms with Crippen LogP contribution in [0.4, 0.5) is 0 Å². The number of methoxy groups -OCH3 is 2. The number of fused-ring (bicyclic) bond motifs is 1. The molecule has 0 fully saturated rings. The Morgan fingerprint density at radius 2 is 1.84 bits per heavy atom. The summed E-state index contributed by atoms with van der Waals surface area (Å²) in [5, 5.41) is 3.09. The molecule has 0 aliphatic carbocycles. The summed E-state index contributed by atoms with van der Waals surface area (Å²) in [5.74, 6) is 2.76. The van der Waals surface area contributed by atoms with Gasteiger partial charge in [0.2, 0.25) is 0 Å². The van der Waals surface area contributed by atoms with E-state index in [9.17, 15) is 4.79 Å². The van der Waals surface area contributed by atoms with Crippen molar-refractivity contribution in [3.8, 4) is 17.2 Å². The normalized spacial score (nSPS) is 12.0. The van der Waals surface area contributed by atoms with Gasteiger partial charge in [0.05, 0.1) is 37.9 Å². The van der Waals surface area contributed by atoms with Crippen LogP contribution in [0.3, 0.4) is 0 Å². The second-order valence-electron chi connectivity index (χ2n) is 9.00. The fourth-order valence-electron chi connectivity index (χ4n) is 4.42. The third kappa shape index (κ3) is 6.35. The summed E-state index contributed by atoms with van der Waals surface area (Å²) in [4.78, 5) is 17.8. The first kappa shape index (κ1) is 26.8. The minimum atomic E-state index is -0.280. The Kier molecular flexibility index (Phi) is 9.03. The van der Waals surface area contributed by atoms with E-state index in [2.05, 4.69) is 16.0 Å². The van der Waals surface area contributed by atoms with E-state index in [1.54, 1.807) is 26.4 Å². The van der Waals surface area contributed by atoms with Gasteiger partial charge < -0.3 is 24.1 Å². The molecule has 1 aromatic heterocycles. The Hall–Kier alpha value is -4.26. The minimum absolute atomic E-state index is 0.169. The standard InChI is InChI=1S/C31H35N3O4/c1-5-11-23-16-17-28(29(20-23)37-4)38-19-9-8-18-34-27-15-7-6-14-26(27)33-30(34)22(2)32-31(35)24-12-10-13-25(21-24)36-3/h5-7,10-17,20-22H,8-9,18-19H2,1-4H3,(H,32,35)/b11-5+. The van der Waals surface area contributed by atoms with Crippen molar-refractivity contribution in [2.45, 2.75) is 39.3 Å². The average molecular weight is 514 g/mol. The number of aromatic nitrogens is 2. The van der Waals surface area contributed by atoms with Gasteiger partial charge in [-0.25, -0.2) is 4.98 Å². The monoisotopic (exact) mass is 513 g/mol. The second kappa shape index (κ2) is 12.8. The third-order valence-corrected chi connectivity index (χ3v) is 6.33. The number of nitrogens with zero attached hydrogens (tertiary/aromatic N) is 2. The molecule has 1 unspecified atom stereocenters. The maximum atomic E-state index is 12.9. The van der Waals surface area contributed by atoms with Gasteiger partial charge in [0, 0.05) is 12.1 Å². The number of hydrogen-bond donors (Lipinski definition) is 1. The number of hydrogen-bond acceptors (Lipinski definition) is 5. The molecule has 0 spiro atoms. The molecule has 3 aromatic carbocycles. The zero-order chi connectivity index (χ0) is 26.9. The van der Waals surface area contributed by atoms with Gasteiger partial charge in [-0.1, -0.05) is 36.4 Å². The number of ether oxygens (including phenoxy) is 3. The molecule has 0 aliphatic rings. The number of amides is 1. The molecule has 0 radical (unpaired) electrons. The molecule has 198 valence electrons. The largest absolute Gasteiger partial charge is 0.497 e. The van der Waals surface area contributed by atoms with Crippen LogP contribution in [0.5, 0.6) is 17.2 Å². The maximum Gasteiger partial charge on any atom is 0.251 e. The van der Waals surface area contributed by atoms with E-state index < -0.39 is 0 Å². The first-order valence-corrected chi connectivity index (χ1v) is 12.9. The van der Waals surface area contributed by atoms with Crippen LogP contribution in [0, 0.1) is 0 Å². The van der Waals surface area contributed by atoms with Crippen molar-refractivity contribution in [3.05, 3.63) is 89.8 Å². The summed E-state index contributed by atoms with van der Waals surface area (Å²) < 4.78 is 19.0. The van der Waals surface area contributed by atoms with Gasteiger partial charge in [0.1, 0.15) is 11.6 Å². The van der Waals surface area contributed by atoms with Gasteiger partial charge in [-0.2, -0.15) is 0 Å². The summed E-state index contributed by atoms with van der Waals surface area (Å²) in [7, 11) is 3.24. The average Bonchev–Trinajstić information content (AvgIpc) is 3.32. The van der Waals surface area contributed by atoms with E-state index in [0.717, 1.165) is 53.3 Å². The zero-order valence-corrected chi connectivity index (χ0v) is 22.4. The van der Waals surface area contributed by atoms with E-state index in [0.29, 0.717) is 17.9 Å². The summed E-state index contributed by atoms with van der Waals surface area (Å²) in [6.07, 6.45) is 5.77. The van der Waals surface area contributed by atoms with Crippen LogP contribution in [0.15, 0.2) is 72.8 Å². The third-order valence-electron chi connectivity index (χ3n) is 6.33. The smallest absolute Gasteiger partial charge is 0.251 e. The Balaban J connectivity index is 1.41. The predicted molar refractivity (Wildman–Crippen MR) is 151 cm³/mol. The Bertz CT molecular complexity index is 1410. The van der Waals surface area contributed by atoms with Crippen LogP contribution in [-0.2, 0) is 6.54 Å². The van der Waals surface area contributed by atoms with Crippen LogP contribution in [-0.4, -0.2) is 36.3 Å². The van der Waals surface area contributed by atoms with Crippen molar-refractivity contribution in [1.29, 1.82) is 0 Å². The quantitative estimate of drug-likeness (QED) is 0.221. The Morgan fingerprint density at radius 3 is 2.63 bits per heavy atom. The SMILES string of the molecule is C/C=C/c1ccc(OCCCCn2c(C(C)NC(=O)c3cccc(OC)c3)nc3ccccc32)c(OC)c1. The van der Waals surface area contributed by atoms with E-state index >= 15 is 0 Å². The second-order valence-corrected chi connectivity index (χ2v) is 9.00. The minimum Gasteiger partial charge on any atom is -0.497 e. The molecule has 4 aromatic rings. The molecule has 0 aliphatic heterocycles. The number of rotatable bonds is 12. The Labute approximate surface area is 224 Å². The van der Waals surface area contributed by atoms with Crippen molar-refractivity contribution < 1.29 is 19.0 Å². The predicted octanol–water partition coefficient (Wildman–Crippen LogP) is 6.44. The number of aryl methyl sites for hydroxylation is 1. The summed E-state index contributed by atoms with van der Waals surface area (Å²) >= 11 is 0. The molecule has 1 N–H and O–H groups in total. The van der Waals surface area contributed by atoms with Gasteiger partial charge in [0.15, 0.2) is 11.5 Å². The molecule has 1 heterocycles. The number of carbonyl (C=O) groups excluding carboxylic acids is 1. The van der Waals surface area contributed by atoms with Crippen molar-refractivity contribution in [1.82, 2.24) is 14.9 Å². The lowest BCUT2D eigenvalue weighted by Crippen LogP contribution is -2.28. The molecule has 0 saturated heterocycles. The number of para-hydroxylation sites is 2. The molecule has 7 nitrogen and oxygen atoms in total. The summed E-state index contributed by atoms with van der Waals surface area (Å²) in [5.41, 5.74) is 3.58. The van der Waals surface area contributed by atoms with Gasteiger partial charge >= 0.3 is 0 Å². The first-order chi connectivity index (χ1) is 18.5. The fourth-order valence-corrected chi connectivity index (χ4v) is 4.42. The van der Waals surface area contributed by atoms with Crippen LogP contribution in [0.25, 0.3) is 17.1 Å². The number of allylic oxidation sites excluding steroid dienone is 1. The van der Waals surface area contributed by atoms with Gasteiger partial charge in [0.25, 0.3) is 5.91 Å². The molecule has 0 saturated carbocycles. The Morgan fingerprint density at radius 1 is 1.00 bits per heavy atom. The van der Waals surface area contributed by atoms with E-state index in [1.807, 2.05) is 74.5 Å². The lowest BCUT2D eigenvalue weighted by Gasteiger charge is -2.17. The number of imidazole rings is 1. The van der Waals surface area contributed by atoms with Crippen LogP contribution >= 0.6 is 0 Å². The van der Waals surface area contributed by atoms with Crippen molar-refractivity contribution in [2.75, 3.05) is 20.8 Å². The van der Waals surface area contributed by atoms with Crippen LogP contribution in [0.2, 0.25) is 0 Å². The highest BCUT2D eigenvalue weighted by molar-refractivity contribution is 5.94. The lowest BCUT2D eigenvalue weighted by atomic mass is 10.2. The molecule has 1 amide bonds. The maximum absolute atomic E-state index is 12.9. The fraction of sp³-hybridized carbons (Fsp3) is 0.290. The molecule has 4 rings (SSSR count). The van der Waals surface area contributed by atoms with E-state index in [-0.39, 0.29) is 11.9 Å². The number of nitrogens with one attached hydrogen (secondary N) is 1. The van der Waals surface area contributed by atoms with Crippen molar-refractivity contribution >= 4 is 23.0 Å². The molecular formula is C31H35N3O4. The van der Waals surface area contributed by atoms with Gasteiger partial charge in [-0.05, 0) is 74.7 Å². The lowest BCUT2D eigenvalue weighted by molar-refractivity contribution is 0.0937. The number of carbonyl (C=O) groups is 1. The van der Waals surface area contributed by atoms with Crippen molar-refractivity contribution in [3.63, 3.8) is 0 Å². The zero-order valence-electron chi connectivity index (χ0n) is 22.4. The van der Waals surface area contributed by atoms with Crippen molar-refractivity contribution in [2.24, 2.45) is 0 Å². The topological polar surface area (TPSA) is 74.6 Å². The molecule has 1 atom stereocenters. The summed E-state index contributed by atoms with van der Waals surface area (Å²) in [6, 6.07) is 20.8. The van der Waals surface area contributed by atoms with Gasteiger partial charge in [-0.3, -0.25) is 4.79 Å². The molecule has 7 heteroatoms. The van der Waals surface area contributed by atoms with Gasteiger partial charge in [-0.15, -0.1) is 0 Å². The molecule has 0 bridgehead atoms. The molecule has 38 heavy (non-hydrogen) atoms. The van der Waals surface area contributed by atoms with Crippen LogP contribution < -0.4 is 19.5 Å². The van der Waals surface area contributed by atoms with Crippen LogP contribution in [0.1, 0.15) is 54.5 Å². The number of benzene rings is 3.